The standard InChI is InChI=1S/C23H29FN6/c1-18(2)22(23-25-26-27-30(23)13-12-19-8-4-3-5-9-19)29-16-14-28(15-17-29)21-11-7-6-10-20(21)24/h3-11,18,22H,12-17H2,1-2H3/p+1/t22-/m0/s1. The molecule has 0 bridgehead atoms. The number of nitrogens with zero attached hydrogens (tertiary/aromatic N) is 5. The van der Waals surface area contributed by atoms with E-state index in [0.29, 0.717) is 11.6 Å². The van der Waals surface area contributed by atoms with Crippen LogP contribution < -0.4 is 9.80 Å². The molecule has 1 atom stereocenters. The van der Waals surface area contributed by atoms with E-state index in [1.165, 1.54) is 16.5 Å². The number of halogens is 1. The molecule has 0 aliphatic carbocycles. The molecule has 4 rings (SSSR count). The first-order chi connectivity index (χ1) is 14.6. The van der Waals surface area contributed by atoms with Gasteiger partial charge in [-0.3, -0.25) is 0 Å². The number of rotatable bonds is 7. The molecule has 30 heavy (non-hydrogen) atoms. The summed E-state index contributed by atoms with van der Waals surface area (Å²) in [6, 6.07) is 17.7. The molecular formula is C23H30FN6+. The maximum absolute atomic E-state index is 14.2. The molecule has 1 aliphatic heterocycles. The number of aromatic nitrogens is 4. The molecule has 158 valence electrons. The van der Waals surface area contributed by atoms with Crippen LogP contribution in [0.1, 0.15) is 31.3 Å². The highest BCUT2D eigenvalue weighted by atomic mass is 19.1. The average Bonchev–Trinajstić information content (AvgIpc) is 3.22. The van der Waals surface area contributed by atoms with Gasteiger partial charge in [0.2, 0.25) is 5.82 Å². The first-order valence-electron chi connectivity index (χ1n) is 10.8. The quantitative estimate of drug-likeness (QED) is 0.650. The van der Waals surface area contributed by atoms with E-state index in [-0.39, 0.29) is 11.9 Å². The van der Waals surface area contributed by atoms with Gasteiger partial charge in [0.1, 0.15) is 5.82 Å². The number of piperazine rings is 1. The number of anilines is 1. The second kappa shape index (κ2) is 9.34. The number of quaternary nitrogens is 1. The smallest absolute Gasteiger partial charge is 0.209 e. The molecule has 0 radical (unpaired) electrons. The van der Waals surface area contributed by atoms with Gasteiger partial charge in [-0.05, 0) is 34.5 Å². The van der Waals surface area contributed by atoms with Crippen molar-refractivity contribution in [2.75, 3.05) is 31.1 Å². The summed E-state index contributed by atoms with van der Waals surface area (Å²) in [4.78, 5) is 3.61. The summed E-state index contributed by atoms with van der Waals surface area (Å²) in [6.07, 6.45) is 0.903. The summed E-state index contributed by atoms with van der Waals surface area (Å²) in [5.74, 6) is 1.21. The number of tetrazole rings is 1. The zero-order valence-electron chi connectivity index (χ0n) is 17.7. The van der Waals surface area contributed by atoms with Gasteiger partial charge < -0.3 is 9.80 Å². The van der Waals surface area contributed by atoms with Gasteiger partial charge >= 0.3 is 0 Å². The molecule has 0 unspecified atom stereocenters. The van der Waals surface area contributed by atoms with Crippen molar-refractivity contribution in [3.8, 4) is 0 Å². The van der Waals surface area contributed by atoms with E-state index in [9.17, 15) is 4.39 Å². The predicted octanol–water partition coefficient (Wildman–Crippen LogP) is 2.16. The third kappa shape index (κ3) is 4.51. The van der Waals surface area contributed by atoms with E-state index in [1.807, 2.05) is 22.9 Å². The minimum absolute atomic E-state index is 0.147. The third-order valence-corrected chi connectivity index (χ3v) is 6.00. The van der Waals surface area contributed by atoms with Gasteiger partial charge in [0.05, 0.1) is 31.9 Å². The monoisotopic (exact) mass is 409 g/mol. The second-order valence-corrected chi connectivity index (χ2v) is 8.31. The summed E-state index contributed by atoms with van der Waals surface area (Å²) < 4.78 is 16.1. The highest BCUT2D eigenvalue weighted by Gasteiger charge is 2.35. The minimum Gasteiger partial charge on any atom is -0.358 e. The largest absolute Gasteiger partial charge is 0.358 e. The van der Waals surface area contributed by atoms with Crippen molar-refractivity contribution in [3.63, 3.8) is 0 Å². The number of benzene rings is 2. The van der Waals surface area contributed by atoms with E-state index in [4.69, 9.17) is 0 Å². The first kappa shape index (κ1) is 20.5. The zero-order chi connectivity index (χ0) is 20.9. The molecule has 0 amide bonds. The molecule has 2 aromatic carbocycles. The lowest BCUT2D eigenvalue weighted by Crippen LogP contribution is -3.15. The number of hydrogen-bond acceptors (Lipinski definition) is 4. The molecule has 0 spiro atoms. The Labute approximate surface area is 177 Å². The maximum Gasteiger partial charge on any atom is 0.209 e. The molecule has 2 heterocycles. The van der Waals surface area contributed by atoms with Gasteiger partial charge in [-0.25, -0.2) is 9.07 Å². The fourth-order valence-corrected chi connectivity index (χ4v) is 4.48. The lowest BCUT2D eigenvalue weighted by Gasteiger charge is -2.38. The fourth-order valence-electron chi connectivity index (χ4n) is 4.48. The van der Waals surface area contributed by atoms with Crippen LogP contribution in [0.15, 0.2) is 54.6 Å². The van der Waals surface area contributed by atoms with Crippen LogP contribution in [0.3, 0.4) is 0 Å². The first-order valence-corrected chi connectivity index (χ1v) is 10.8. The Balaban J connectivity index is 1.45. The Kier molecular flexibility index (Phi) is 6.38. The molecular weight excluding hydrogens is 379 g/mol. The van der Waals surface area contributed by atoms with Crippen LogP contribution in [0, 0.1) is 11.7 Å². The minimum atomic E-state index is -0.147. The van der Waals surface area contributed by atoms with Crippen LogP contribution in [0.5, 0.6) is 0 Å². The molecule has 1 aliphatic rings. The third-order valence-electron chi connectivity index (χ3n) is 6.00. The Morgan fingerprint density at radius 2 is 1.70 bits per heavy atom. The van der Waals surface area contributed by atoms with Crippen molar-refractivity contribution >= 4 is 5.69 Å². The Morgan fingerprint density at radius 1 is 1.00 bits per heavy atom. The summed E-state index contributed by atoms with van der Waals surface area (Å²) >= 11 is 0. The maximum atomic E-state index is 14.2. The lowest BCUT2D eigenvalue weighted by atomic mass is 10.0. The van der Waals surface area contributed by atoms with Crippen LogP contribution >= 0.6 is 0 Å². The Bertz CT molecular complexity index is 934. The van der Waals surface area contributed by atoms with Gasteiger partial charge in [-0.2, -0.15) is 0 Å². The summed E-state index contributed by atoms with van der Waals surface area (Å²) in [5, 5.41) is 12.7. The lowest BCUT2D eigenvalue weighted by molar-refractivity contribution is -0.937. The molecule has 1 N–H and O–H groups in total. The highest BCUT2D eigenvalue weighted by molar-refractivity contribution is 5.47. The van der Waals surface area contributed by atoms with Gasteiger partial charge in [0.25, 0.3) is 0 Å². The van der Waals surface area contributed by atoms with Crippen LogP contribution in [0.25, 0.3) is 0 Å². The average molecular weight is 410 g/mol. The van der Waals surface area contributed by atoms with Gasteiger partial charge in [-0.15, -0.1) is 5.10 Å². The number of aryl methyl sites for hydroxylation is 2. The molecule has 3 aromatic rings. The van der Waals surface area contributed by atoms with E-state index >= 15 is 0 Å². The van der Waals surface area contributed by atoms with Crippen molar-refractivity contribution < 1.29 is 9.29 Å². The number of nitrogens with one attached hydrogen (secondary N) is 1. The molecule has 7 heteroatoms. The fraction of sp³-hybridized carbons (Fsp3) is 0.435. The predicted molar refractivity (Wildman–Crippen MR) is 115 cm³/mol. The summed E-state index contributed by atoms with van der Waals surface area (Å²) in [6.45, 7) is 8.75. The second-order valence-electron chi connectivity index (χ2n) is 8.31. The van der Waals surface area contributed by atoms with Crippen molar-refractivity contribution in [2.24, 2.45) is 5.92 Å². The topological polar surface area (TPSA) is 51.3 Å². The van der Waals surface area contributed by atoms with E-state index in [2.05, 4.69) is 58.5 Å². The normalized spacial score (nSPS) is 16.2. The van der Waals surface area contributed by atoms with Crippen molar-refractivity contribution in [2.45, 2.75) is 32.9 Å². The van der Waals surface area contributed by atoms with Gasteiger partial charge in [0.15, 0.2) is 6.04 Å². The summed E-state index contributed by atoms with van der Waals surface area (Å²) in [7, 11) is 0. The van der Waals surface area contributed by atoms with E-state index in [0.717, 1.165) is 45.0 Å². The molecule has 1 saturated heterocycles. The Hall–Kier alpha value is -2.80. The SMILES string of the molecule is CC(C)[C@@H](c1nnnn1CCc1ccccc1)[NH+]1CCN(c2ccccc2F)CC1. The van der Waals surface area contributed by atoms with Crippen LogP contribution in [0.2, 0.25) is 0 Å². The highest BCUT2D eigenvalue weighted by Crippen LogP contribution is 2.20. The van der Waals surface area contributed by atoms with Gasteiger partial charge in [-0.1, -0.05) is 56.3 Å². The molecule has 1 fully saturated rings. The van der Waals surface area contributed by atoms with E-state index in [1.54, 1.807) is 6.07 Å². The van der Waals surface area contributed by atoms with Crippen LogP contribution in [0.4, 0.5) is 10.1 Å². The number of para-hydroxylation sites is 1. The number of hydrogen-bond donors (Lipinski definition) is 1. The van der Waals surface area contributed by atoms with Crippen molar-refractivity contribution in [3.05, 3.63) is 71.8 Å². The molecule has 6 nitrogen and oxygen atoms in total. The zero-order valence-corrected chi connectivity index (χ0v) is 17.7. The van der Waals surface area contributed by atoms with Crippen LogP contribution in [-0.2, 0) is 13.0 Å². The van der Waals surface area contributed by atoms with Gasteiger partial charge in [0, 0.05) is 12.5 Å². The Morgan fingerprint density at radius 3 is 2.40 bits per heavy atom. The molecule has 1 aromatic heterocycles. The summed E-state index contributed by atoms with van der Waals surface area (Å²) in [5.41, 5.74) is 1.98. The van der Waals surface area contributed by atoms with Crippen molar-refractivity contribution in [1.29, 1.82) is 0 Å². The molecule has 0 saturated carbocycles. The van der Waals surface area contributed by atoms with Crippen LogP contribution in [-0.4, -0.2) is 46.4 Å². The van der Waals surface area contributed by atoms with Crippen molar-refractivity contribution in [1.82, 2.24) is 20.2 Å². The van der Waals surface area contributed by atoms with E-state index < -0.39 is 0 Å².